The Labute approximate surface area is 241 Å². The van der Waals surface area contributed by atoms with Gasteiger partial charge in [-0.3, -0.25) is 23.7 Å². The molecule has 43 heavy (non-hydrogen) atoms. The highest BCUT2D eigenvalue weighted by atomic mass is 31.2. The van der Waals surface area contributed by atoms with E-state index in [2.05, 4.69) is 5.09 Å². The van der Waals surface area contributed by atoms with Crippen LogP contribution in [-0.4, -0.2) is 63.4 Å². The van der Waals surface area contributed by atoms with E-state index >= 15 is 8.78 Å². The highest BCUT2D eigenvalue weighted by Crippen LogP contribution is 2.54. The number of benzene rings is 2. The van der Waals surface area contributed by atoms with Gasteiger partial charge in [0.25, 0.3) is 12.0 Å². The predicted molar refractivity (Wildman–Crippen MR) is 143 cm³/mol. The fourth-order valence-electron chi connectivity index (χ4n) is 4.27. The molecular formula is C26H28F4N3O9P. The number of aliphatic hydroxyl groups excluding tert-OH is 1. The number of fused-ring (bicyclic) bond motifs is 1. The second-order valence-electron chi connectivity index (χ2n) is 9.99. The van der Waals surface area contributed by atoms with Gasteiger partial charge in [-0.25, -0.2) is 18.1 Å². The normalized spacial score (nSPS) is 23.8. The molecule has 1 unspecified atom stereocenters. The molecule has 234 valence electrons. The van der Waals surface area contributed by atoms with Crippen LogP contribution >= 0.6 is 7.75 Å². The Kier molecular flexibility index (Phi) is 9.19. The lowest BCUT2D eigenvalue weighted by atomic mass is 9.95. The summed E-state index contributed by atoms with van der Waals surface area (Å²) in [4.78, 5) is 37.7. The molecule has 3 N–H and O–H groups in total. The topological polar surface area (TPSA) is 158 Å². The van der Waals surface area contributed by atoms with Crippen LogP contribution in [0.25, 0.3) is 10.8 Å². The number of ether oxygens (including phenoxy) is 2. The molecule has 1 saturated heterocycles. The standard InChI is InChI=1S/C26H28F4N3O9P/c1-14(2)40-22(36)15(3)32-43(38,42-18-9-8-16-6-4-5-7-17(16)12-18)39-13-25(23(27)28)26(29,30)20(35)21(41-25)33-11-10-19(34)31-24(33)37/h4-12,14-15,20-21,23,35H,13H2,1-3H3,(H,32,38)(H,31,34,37)/t15-,20-,21+,25-,43?/m0/s1. The van der Waals surface area contributed by atoms with E-state index < -0.39 is 74.0 Å². The first-order valence-corrected chi connectivity index (χ1v) is 14.4. The third kappa shape index (κ3) is 6.53. The van der Waals surface area contributed by atoms with Crippen LogP contribution in [0.5, 0.6) is 5.75 Å². The number of carbonyl (C=O) groups is 1. The number of aromatic amines is 1. The zero-order chi connectivity index (χ0) is 31.7. The lowest BCUT2D eigenvalue weighted by molar-refractivity contribution is -0.242. The van der Waals surface area contributed by atoms with Gasteiger partial charge in [0.05, 0.1) is 12.7 Å². The molecule has 1 aromatic heterocycles. The summed E-state index contributed by atoms with van der Waals surface area (Å²) < 4.78 is 94.5. The number of halogens is 4. The molecule has 2 aromatic carbocycles. The molecule has 2 heterocycles. The fourth-order valence-corrected chi connectivity index (χ4v) is 5.79. The number of alkyl halides is 4. The minimum Gasteiger partial charge on any atom is -0.462 e. The van der Waals surface area contributed by atoms with Gasteiger partial charge in [0.1, 0.15) is 11.8 Å². The summed E-state index contributed by atoms with van der Waals surface area (Å²) in [6.07, 6.45) is -9.46. The number of rotatable bonds is 11. The van der Waals surface area contributed by atoms with Crippen LogP contribution in [0.2, 0.25) is 0 Å². The summed E-state index contributed by atoms with van der Waals surface area (Å²) >= 11 is 0. The van der Waals surface area contributed by atoms with E-state index in [1.807, 2.05) is 0 Å². The third-order valence-electron chi connectivity index (χ3n) is 6.47. The molecule has 1 fully saturated rings. The van der Waals surface area contributed by atoms with Crippen molar-refractivity contribution in [2.45, 2.75) is 63.2 Å². The van der Waals surface area contributed by atoms with E-state index in [0.29, 0.717) is 11.6 Å². The van der Waals surface area contributed by atoms with Crippen LogP contribution in [0.1, 0.15) is 27.0 Å². The first-order valence-electron chi connectivity index (χ1n) is 12.8. The fraction of sp³-hybridized carbons (Fsp3) is 0.423. The molecule has 1 aliphatic heterocycles. The summed E-state index contributed by atoms with van der Waals surface area (Å²) in [5.74, 6) is -5.89. The van der Waals surface area contributed by atoms with Gasteiger partial charge in [0.2, 0.25) is 5.60 Å². The van der Waals surface area contributed by atoms with Crippen molar-refractivity contribution in [3.05, 3.63) is 75.6 Å². The van der Waals surface area contributed by atoms with Gasteiger partial charge < -0.3 is 19.1 Å². The molecular weight excluding hydrogens is 605 g/mol. The van der Waals surface area contributed by atoms with Gasteiger partial charge in [0.15, 0.2) is 12.3 Å². The molecule has 5 atom stereocenters. The van der Waals surface area contributed by atoms with E-state index in [4.69, 9.17) is 18.5 Å². The van der Waals surface area contributed by atoms with Gasteiger partial charge in [-0.15, -0.1) is 0 Å². The molecule has 0 amide bonds. The predicted octanol–water partition coefficient (Wildman–Crippen LogP) is 3.35. The molecule has 17 heteroatoms. The number of nitrogens with one attached hydrogen (secondary N) is 2. The van der Waals surface area contributed by atoms with Gasteiger partial charge in [0, 0.05) is 12.3 Å². The number of nitrogens with zero attached hydrogens (tertiary/aromatic N) is 1. The Balaban J connectivity index is 1.69. The SMILES string of the molecule is CC(C)OC(=O)[C@H](C)NP(=O)(OC[C@@]1(C(F)F)O[C@@H](n2ccc(=O)[nH]c2=O)[C@H](O)C1(F)F)Oc1ccc2ccccc2c1. The van der Waals surface area contributed by atoms with E-state index in [-0.39, 0.29) is 10.3 Å². The van der Waals surface area contributed by atoms with E-state index in [9.17, 15) is 32.8 Å². The van der Waals surface area contributed by atoms with Gasteiger partial charge >= 0.3 is 25.3 Å². The van der Waals surface area contributed by atoms with Crippen LogP contribution in [0.15, 0.2) is 64.3 Å². The first-order chi connectivity index (χ1) is 20.1. The summed E-state index contributed by atoms with van der Waals surface area (Å²) in [5, 5.41) is 13.9. The molecule has 0 saturated carbocycles. The van der Waals surface area contributed by atoms with Crippen molar-refractivity contribution in [1.82, 2.24) is 14.6 Å². The van der Waals surface area contributed by atoms with Crippen molar-refractivity contribution >= 4 is 24.5 Å². The molecule has 4 rings (SSSR count). The maximum atomic E-state index is 15.4. The number of H-pyrrole nitrogens is 1. The number of hydrogen-bond donors (Lipinski definition) is 3. The van der Waals surface area contributed by atoms with Crippen LogP contribution in [0, 0.1) is 0 Å². The maximum absolute atomic E-state index is 15.4. The number of carbonyl (C=O) groups excluding carboxylic acids is 1. The molecule has 0 spiro atoms. The average Bonchev–Trinajstić information content (AvgIpc) is 3.12. The smallest absolute Gasteiger partial charge is 0.459 e. The summed E-state index contributed by atoms with van der Waals surface area (Å²) in [5.41, 5.74) is -6.23. The lowest BCUT2D eigenvalue weighted by Crippen LogP contribution is -2.57. The van der Waals surface area contributed by atoms with E-state index in [0.717, 1.165) is 11.5 Å². The first kappa shape index (κ1) is 32.4. The Bertz CT molecular complexity index is 1650. The second kappa shape index (κ2) is 12.2. The van der Waals surface area contributed by atoms with Crippen LogP contribution in [0.3, 0.4) is 0 Å². The van der Waals surface area contributed by atoms with Crippen LogP contribution < -0.4 is 20.9 Å². The quantitative estimate of drug-likeness (QED) is 0.163. The minimum absolute atomic E-state index is 0.137. The number of hydrogen-bond acceptors (Lipinski definition) is 9. The maximum Gasteiger partial charge on any atom is 0.459 e. The van der Waals surface area contributed by atoms with Gasteiger partial charge in [-0.1, -0.05) is 30.3 Å². The van der Waals surface area contributed by atoms with Crippen molar-refractivity contribution in [2.75, 3.05) is 6.61 Å². The molecule has 3 aromatic rings. The zero-order valence-electron chi connectivity index (χ0n) is 22.9. The van der Waals surface area contributed by atoms with E-state index in [1.54, 1.807) is 35.3 Å². The highest BCUT2D eigenvalue weighted by Gasteiger charge is 2.74. The average molecular weight is 633 g/mol. The largest absolute Gasteiger partial charge is 0.462 e. The molecule has 0 aliphatic carbocycles. The number of esters is 1. The summed E-state index contributed by atoms with van der Waals surface area (Å²) in [7, 11) is -4.99. The van der Waals surface area contributed by atoms with Gasteiger partial charge in [-0.2, -0.15) is 13.9 Å². The van der Waals surface area contributed by atoms with Gasteiger partial charge in [-0.05, 0) is 43.7 Å². The molecule has 0 radical (unpaired) electrons. The van der Waals surface area contributed by atoms with Crippen molar-refractivity contribution in [2.24, 2.45) is 0 Å². The summed E-state index contributed by atoms with van der Waals surface area (Å²) in [6, 6.07) is 10.5. The van der Waals surface area contributed by atoms with Crippen molar-refractivity contribution < 1.29 is 50.5 Å². The third-order valence-corrected chi connectivity index (χ3v) is 8.09. The minimum atomic E-state index is -4.99. The zero-order valence-corrected chi connectivity index (χ0v) is 23.8. The second-order valence-corrected chi connectivity index (χ2v) is 11.7. The Morgan fingerprint density at radius 1 is 1.14 bits per heavy atom. The van der Waals surface area contributed by atoms with Crippen molar-refractivity contribution in [3.63, 3.8) is 0 Å². The Morgan fingerprint density at radius 2 is 1.81 bits per heavy atom. The summed E-state index contributed by atoms with van der Waals surface area (Å²) in [6.45, 7) is 2.41. The van der Waals surface area contributed by atoms with Crippen molar-refractivity contribution in [3.8, 4) is 5.75 Å². The molecule has 1 aliphatic rings. The Hall–Kier alpha value is -3.56. The van der Waals surface area contributed by atoms with Crippen molar-refractivity contribution in [1.29, 1.82) is 0 Å². The van der Waals surface area contributed by atoms with E-state index in [1.165, 1.54) is 32.9 Å². The Morgan fingerprint density at radius 3 is 2.44 bits per heavy atom. The number of aliphatic hydroxyl groups is 1. The van der Waals surface area contributed by atoms with Crippen LogP contribution in [-0.2, 0) is 23.4 Å². The highest BCUT2D eigenvalue weighted by molar-refractivity contribution is 7.52. The molecule has 12 nitrogen and oxygen atoms in total. The monoisotopic (exact) mass is 633 g/mol. The lowest BCUT2D eigenvalue weighted by Gasteiger charge is -2.34. The molecule has 0 bridgehead atoms. The number of aromatic nitrogens is 2. The van der Waals surface area contributed by atoms with Crippen LogP contribution in [0.4, 0.5) is 17.6 Å².